The Labute approximate surface area is 184 Å². The number of rotatable bonds is 6. The number of halogens is 1. The van der Waals surface area contributed by atoms with Gasteiger partial charge in [0.2, 0.25) is 0 Å². The molecule has 158 valence electrons. The lowest BCUT2D eigenvalue weighted by Crippen LogP contribution is -2.38. The Morgan fingerprint density at radius 1 is 1.19 bits per heavy atom. The van der Waals surface area contributed by atoms with Crippen LogP contribution >= 0.6 is 11.6 Å². The van der Waals surface area contributed by atoms with E-state index >= 15 is 0 Å². The van der Waals surface area contributed by atoms with Crippen LogP contribution in [0.3, 0.4) is 0 Å². The van der Waals surface area contributed by atoms with Gasteiger partial charge in [-0.25, -0.2) is 0 Å². The van der Waals surface area contributed by atoms with E-state index in [1.165, 1.54) is 5.06 Å². The monoisotopic (exact) mass is 437 g/mol. The van der Waals surface area contributed by atoms with Gasteiger partial charge in [-0.3, -0.25) is 10.2 Å². The van der Waals surface area contributed by atoms with Crippen molar-refractivity contribution >= 4 is 35.3 Å². The number of nitrogens with zero attached hydrogens (tertiary/aromatic N) is 2. The summed E-state index contributed by atoms with van der Waals surface area (Å²) in [6.07, 6.45) is 3.20. The van der Waals surface area contributed by atoms with Gasteiger partial charge in [0, 0.05) is 16.7 Å². The molecule has 2 aromatic carbocycles. The number of hydrogen-bond acceptors (Lipinski definition) is 5. The molecule has 2 aliphatic rings. The van der Waals surface area contributed by atoms with Gasteiger partial charge in [-0.15, -0.1) is 5.06 Å². The molecule has 0 spiro atoms. The number of carbonyl (C=O) groups excluding carboxylic acids is 1. The lowest BCUT2D eigenvalue weighted by molar-refractivity contribution is -0.114. The Kier molecular flexibility index (Phi) is 5.77. The van der Waals surface area contributed by atoms with Crippen LogP contribution in [0.1, 0.15) is 25.0 Å². The van der Waals surface area contributed by atoms with E-state index < -0.39 is 5.91 Å². The predicted octanol–water partition coefficient (Wildman–Crippen LogP) is 4.77. The minimum Gasteiger partial charge on any atom is -0.490 e. The summed E-state index contributed by atoms with van der Waals surface area (Å²) in [5.41, 5.74) is 1.66. The summed E-state index contributed by atoms with van der Waals surface area (Å²) in [5.74, 6) is 1.39. The second kappa shape index (κ2) is 8.65. The van der Waals surface area contributed by atoms with Gasteiger partial charge in [-0.2, -0.15) is 4.99 Å². The number of hydrogen-bond donors (Lipinski definition) is 1. The van der Waals surface area contributed by atoms with Gasteiger partial charge >= 0.3 is 0 Å². The smallest absolute Gasteiger partial charge is 0.282 e. The van der Waals surface area contributed by atoms with Crippen molar-refractivity contribution in [3.8, 4) is 11.5 Å². The van der Waals surface area contributed by atoms with E-state index in [-0.39, 0.29) is 11.4 Å². The molecular formula is C23H20ClN3O4. The maximum absolute atomic E-state index is 12.5. The number of aliphatic imine (C=N–C) groups is 1. The number of fused-ring (bicyclic) bond motifs is 1. The third-order valence-corrected chi connectivity index (χ3v) is 4.97. The molecule has 1 amide bonds. The first-order chi connectivity index (χ1) is 15.0. The zero-order chi connectivity index (χ0) is 22.0. The van der Waals surface area contributed by atoms with Crippen molar-refractivity contribution in [3.63, 3.8) is 0 Å². The van der Waals surface area contributed by atoms with Gasteiger partial charge in [0.15, 0.2) is 23.2 Å². The average molecular weight is 438 g/mol. The molecule has 8 heteroatoms. The van der Waals surface area contributed by atoms with Crippen molar-refractivity contribution in [3.05, 3.63) is 76.0 Å². The van der Waals surface area contributed by atoms with Crippen LogP contribution in [0.25, 0.3) is 6.08 Å². The number of hydroxylamine groups is 2. The molecule has 0 saturated carbocycles. The van der Waals surface area contributed by atoms with Crippen molar-refractivity contribution in [1.29, 1.82) is 5.41 Å². The fourth-order valence-electron chi connectivity index (χ4n) is 3.14. The highest BCUT2D eigenvalue weighted by atomic mass is 35.5. The molecule has 0 saturated heterocycles. The maximum Gasteiger partial charge on any atom is 0.282 e. The molecule has 0 bridgehead atoms. The largest absolute Gasteiger partial charge is 0.490 e. The van der Waals surface area contributed by atoms with E-state index in [1.807, 2.05) is 31.2 Å². The predicted molar refractivity (Wildman–Crippen MR) is 118 cm³/mol. The van der Waals surface area contributed by atoms with E-state index in [2.05, 4.69) is 4.99 Å². The van der Waals surface area contributed by atoms with Crippen LogP contribution in [0.5, 0.6) is 11.5 Å². The summed E-state index contributed by atoms with van der Waals surface area (Å²) in [4.78, 5) is 21.9. The standard InChI is InChI=1S/C23H20ClN3O4/c1-3-29-20-12-15(8-9-19(20)30-13-16-6-4-5-7-18(16)24)11-17-22(25)27-21(26-23(17)28)10-14(2)31-27/h4-12,25H,3,13H2,1-2H3/b17-11-,25-22?. The van der Waals surface area contributed by atoms with E-state index in [1.54, 1.807) is 37.3 Å². The number of amidine groups is 2. The van der Waals surface area contributed by atoms with Crippen molar-refractivity contribution in [1.82, 2.24) is 5.06 Å². The number of amides is 1. The van der Waals surface area contributed by atoms with Gasteiger partial charge in [0.1, 0.15) is 12.4 Å². The Bertz CT molecular complexity index is 1150. The first-order valence-electron chi connectivity index (χ1n) is 9.69. The Hall–Kier alpha value is -3.58. The zero-order valence-corrected chi connectivity index (χ0v) is 17.8. The Morgan fingerprint density at radius 3 is 2.77 bits per heavy atom. The Morgan fingerprint density at radius 2 is 2.00 bits per heavy atom. The third kappa shape index (κ3) is 4.32. The van der Waals surface area contributed by atoms with E-state index in [0.717, 1.165) is 5.56 Å². The van der Waals surface area contributed by atoms with Crippen LogP contribution in [-0.4, -0.2) is 29.2 Å². The molecule has 0 aliphatic carbocycles. The molecule has 2 heterocycles. The SMILES string of the molecule is CCOc1cc(/C=C2/C(=N)N3OC(C)=CC3=NC2=O)ccc1OCc1ccccc1Cl. The van der Waals surface area contributed by atoms with Crippen LogP contribution in [0, 0.1) is 5.41 Å². The van der Waals surface area contributed by atoms with Gasteiger partial charge in [-0.05, 0) is 43.7 Å². The maximum atomic E-state index is 12.5. The highest BCUT2D eigenvalue weighted by molar-refractivity contribution is 6.32. The summed E-state index contributed by atoms with van der Waals surface area (Å²) < 4.78 is 11.6. The van der Waals surface area contributed by atoms with Gasteiger partial charge in [0.25, 0.3) is 5.91 Å². The number of ether oxygens (including phenoxy) is 2. The fraction of sp³-hybridized carbons (Fsp3) is 0.174. The number of nitrogens with one attached hydrogen (secondary N) is 1. The van der Waals surface area contributed by atoms with Crippen molar-refractivity contribution < 1.29 is 19.1 Å². The fourth-order valence-corrected chi connectivity index (χ4v) is 3.33. The lowest BCUT2D eigenvalue weighted by atomic mass is 10.1. The van der Waals surface area contributed by atoms with Gasteiger partial charge in [-0.1, -0.05) is 35.9 Å². The van der Waals surface area contributed by atoms with Crippen LogP contribution in [0.4, 0.5) is 0 Å². The van der Waals surface area contributed by atoms with E-state index in [0.29, 0.717) is 46.9 Å². The summed E-state index contributed by atoms with van der Waals surface area (Å²) >= 11 is 6.20. The molecule has 4 rings (SSSR count). The number of benzene rings is 2. The summed E-state index contributed by atoms with van der Waals surface area (Å²) in [6, 6.07) is 12.8. The van der Waals surface area contributed by atoms with Crippen LogP contribution < -0.4 is 9.47 Å². The minimum atomic E-state index is -0.497. The highest BCUT2D eigenvalue weighted by Gasteiger charge is 2.34. The van der Waals surface area contributed by atoms with E-state index in [9.17, 15) is 4.79 Å². The summed E-state index contributed by atoms with van der Waals surface area (Å²) in [5, 5.41) is 10.2. The van der Waals surface area contributed by atoms with Crippen molar-refractivity contribution in [2.24, 2.45) is 4.99 Å². The van der Waals surface area contributed by atoms with Crippen molar-refractivity contribution in [2.45, 2.75) is 20.5 Å². The topological polar surface area (TPSA) is 84.2 Å². The molecule has 0 aromatic heterocycles. The molecule has 0 radical (unpaired) electrons. The normalized spacial score (nSPS) is 16.6. The zero-order valence-electron chi connectivity index (χ0n) is 17.0. The van der Waals surface area contributed by atoms with Gasteiger partial charge < -0.3 is 14.3 Å². The second-order valence-corrected chi connectivity index (χ2v) is 7.25. The highest BCUT2D eigenvalue weighted by Crippen LogP contribution is 2.32. The molecule has 7 nitrogen and oxygen atoms in total. The van der Waals surface area contributed by atoms with Crippen LogP contribution in [0.2, 0.25) is 5.02 Å². The number of allylic oxidation sites excluding steroid dienone is 1. The third-order valence-electron chi connectivity index (χ3n) is 4.60. The lowest BCUT2D eigenvalue weighted by Gasteiger charge is -2.23. The first-order valence-corrected chi connectivity index (χ1v) is 10.1. The quantitative estimate of drug-likeness (QED) is 0.658. The molecule has 1 N–H and O–H groups in total. The minimum absolute atomic E-state index is 0.0693. The molecule has 2 aliphatic heterocycles. The van der Waals surface area contributed by atoms with E-state index in [4.69, 9.17) is 31.3 Å². The van der Waals surface area contributed by atoms with Crippen LogP contribution in [0.15, 0.2) is 64.9 Å². The molecule has 0 unspecified atom stereocenters. The molecule has 0 fully saturated rings. The molecular weight excluding hydrogens is 418 g/mol. The first kappa shape index (κ1) is 20.7. The molecule has 2 aromatic rings. The molecule has 0 atom stereocenters. The van der Waals surface area contributed by atoms with Gasteiger partial charge in [0.05, 0.1) is 12.2 Å². The second-order valence-electron chi connectivity index (χ2n) is 6.84. The molecule has 31 heavy (non-hydrogen) atoms. The van der Waals surface area contributed by atoms with Crippen LogP contribution in [-0.2, 0) is 16.2 Å². The number of carbonyl (C=O) groups is 1. The Balaban J connectivity index is 1.58. The van der Waals surface area contributed by atoms with Crippen molar-refractivity contribution in [2.75, 3.05) is 6.61 Å². The summed E-state index contributed by atoms with van der Waals surface area (Å²) in [7, 11) is 0. The summed E-state index contributed by atoms with van der Waals surface area (Å²) in [6.45, 7) is 4.34. The average Bonchev–Trinajstić information content (AvgIpc) is 3.12.